The SMILES string of the molecule is CCOC(=O)c1c(NC(=O)CCCS(=O)(=O)c2nc(-c3ccc(OC)c(OC)c3)cc(C(F)(F)F)n2)sc2c1CCC(C(C)(C)C)C2. The normalized spacial score (nSPS) is 15.1. The van der Waals surface area contributed by atoms with Crippen LogP contribution in [-0.4, -0.2) is 56.8 Å². The number of carbonyl (C=O) groups is 2. The van der Waals surface area contributed by atoms with Gasteiger partial charge >= 0.3 is 12.1 Å². The molecule has 1 aliphatic carbocycles. The Morgan fingerprint density at radius 1 is 1.06 bits per heavy atom. The second-order valence-corrected chi connectivity index (χ2v) is 15.3. The van der Waals surface area contributed by atoms with E-state index in [-0.39, 0.29) is 41.9 Å². The summed E-state index contributed by atoms with van der Waals surface area (Å²) in [5.41, 5.74) is -0.330. The zero-order chi connectivity index (χ0) is 34.7. The Labute approximate surface area is 276 Å². The molecule has 0 fully saturated rings. The Morgan fingerprint density at radius 2 is 1.77 bits per heavy atom. The number of sulfone groups is 1. The standard InChI is InChI=1S/C32H38F3N3O7S2/c1-7-45-29(40)27-20-12-11-19(31(2,3)4)16-24(20)46-28(27)38-26(39)9-8-14-47(41,42)30-36-21(17-25(37-30)32(33,34)35)18-10-13-22(43-5)23(15-18)44-6/h10,13,15,17,19H,7-9,11-12,14,16H2,1-6H3,(H,38,39). The molecule has 1 aliphatic rings. The minimum Gasteiger partial charge on any atom is -0.493 e. The van der Waals surface area contributed by atoms with E-state index in [2.05, 4.69) is 36.1 Å². The highest BCUT2D eigenvalue weighted by molar-refractivity contribution is 7.91. The van der Waals surface area contributed by atoms with Crippen LogP contribution in [0.15, 0.2) is 29.4 Å². The Morgan fingerprint density at radius 3 is 2.38 bits per heavy atom. The van der Waals surface area contributed by atoms with Crippen LogP contribution in [0, 0.1) is 11.3 Å². The summed E-state index contributed by atoms with van der Waals surface area (Å²) in [6.45, 7) is 8.35. The van der Waals surface area contributed by atoms with Gasteiger partial charge in [0.05, 0.1) is 37.8 Å². The number of fused-ring (bicyclic) bond motifs is 1. The number of hydrogen-bond acceptors (Lipinski definition) is 10. The quantitative estimate of drug-likeness (QED) is 0.170. The lowest BCUT2D eigenvalue weighted by Crippen LogP contribution is -2.26. The third-order valence-corrected chi connectivity index (χ3v) is 10.7. The molecule has 3 aromatic rings. The predicted molar refractivity (Wildman–Crippen MR) is 171 cm³/mol. The zero-order valence-corrected chi connectivity index (χ0v) is 28.7. The predicted octanol–water partition coefficient (Wildman–Crippen LogP) is 6.76. The molecule has 0 saturated carbocycles. The largest absolute Gasteiger partial charge is 0.493 e. The number of nitrogens with zero attached hydrogens (tertiary/aromatic N) is 2. The fourth-order valence-corrected chi connectivity index (χ4v) is 7.90. The van der Waals surface area contributed by atoms with Gasteiger partial charge < -0.3 is 19.5 Å². The van der Waals surface area contributed by atoms with Gasteiger partial charge in [0.15, 0.2) is 11.5 Å². The topological polar surface area (TPSA) is 134 Å². The van der Waals surface area contributed by atoms with Crippen LogP contribution in [0.4, 0.5) is 18.2 Å². The first-order valence-electron chi connectivity index (χ1n) is 15.0. The number of benzene rings is 1. The van der Waals surface area contributed by atoms with Crippen LogP contribution in [0.25, 0.3) is 11.3 Å². The van der Waals surface area contributed by atoms with Gasteiger partial charge in [0, 0.05) is 16.9 Å². The first-order valence-corrected chi connectivity index (χ1v) is 17.5. The summed E-state index contributed by atoms with van der Waals surface area (Å²) in [6.07, 6.45) is -3.16. The van der Waals surface area contributed by atoms with Gasteiger partial charge in [-0.25, -0.2) is 23.2 Å². The van der Waals surface area contributed by atoms with Gasteiger partial charge in [-0.15, -0.1) is 11.3 Å². The van der Waals surface area contributed by atoms with Gasteiger partial charge in [-0.2, -0.15) is 13.2 Å². The van der Waals surface area contributed by atoms with E-state index in [1.54, 1.807) is 6.92 Å². The van der Waals surface area contributed by atoms with Gasteiger partial charge in [-0.05, 0) is 73.8 Å². The molecule has 0 spiro atoms. The van der Waals surface area contributed by atoms with Crippen molar-refractivity contribution in [3.8, 4) is 22.8 Å². The molecule has 2 heterocycles. The molecule has 4 rings (SSSR count). The van der Waals surface area contributed by atoms with E-state index >= 15 is 0 Å². The smallest absolute Gasteiger partial charge is 0.433 e. The lowest BCUT2D eigenvalue weighted by atomic mass is 9.72. The fourth-order valence-electron chi connectivity index (χ4n) is 5.39. The summed E-state index contributed by atoms with van der Waals surface area (Å²) in [4.78, 5) is 34.2. The number of alkyl halides is 3. The molecule has 0 radical (unpaired) electrons. The van der Waals surface area contributed by atoms with E-state index in [1.165, 1.54) is 43.8 Å². The van der Waals surface area contributed by atoms with Crippen LogP contribution in [0.3, 0.4) is 0 Å². The third-order valence-electron chi connectivity index (χ3n) is 7.99. The highest BCUT2D eigenvalue weighted by atomic mass is 32.2. The monoisotopic (exact) mass is 697 g/mol. The van der Waals surface area contributed by atoms with E-state index in [9.17, 15) is 31.2 Å². The number of anilines is 1. The summed E-state index contributed by atoms with van der Waals surface area (Å²) in [7, 11) is -1.71. The number of methoxy groups -OCH3 is 2. The van der Waals surface area contributed by atoms with Crippen molar-refractivity contribution in [2.75, 3.05) is 31.9 Å². The van der Waals surface area contributed by atoms with Crippen molar-refractivity contribution in [1.82, 2.24) is 9.97 Å². The number of aromatic nitrogens is 2. The first-order chi connectivity index (χ1) is 22.0. The van der Waals surface area contributed by atoms with Crippen molar-refractivity contribution in [3.05, 3.63) is 46.0 Å². The molecular formula is C32H38F3N3O7S2. The molecule has 0 bridgehead atoms. The average molecular weight is 698 g/mol. The fraction of sp³-hybridized carbons (Fsp3) is 0.500. The van der Waals surface area contributed by atoms with Gasteiger partial charge in [-0.1, -0.05) is 20.8 Å². The lowest BCUT2D eigenvalue weighted by molar-refractivity contribution is -0.141. The Balaban J connectivity index is 1.53. The number of hydrogen-bond donors (Lipinski definition) is 1. The molecule has 10 nitrogen and oxygen atoms in total. The number of carbonyl (C=O) groups excluding carboxylic acids is 2. The maximum Gasteiger partial charge on any atom is 0.433 e. The number of thiophene rings is 1. The van der Waals surface area contributed by atoms with Crippen LogP contribution in [0.1, 0.15) is 73.4 Å². The Hall–Kier alpha value is -3.72. The highest BCUT2D eigenvalue weighted by Crippen LogP contribution is 2.44. The Bertz CT molecular complexity index is 1750. The van der Waals surface area contributed by atoms with Crippen molar-refractivity contribution in [1.29, 1.82) is 0 Å². The lowest BCUT2D eigenvalue weighted by Gasteiger charge is -2.33. The maximum absolute atomic E-state index is 13.8. The number of rotatable bonds is 11. The number of halogens is 3. The van der Waals surface area contributed by atoms with Crippen molar-refractivity contribution in [2.24, 2.45) is 11.3 Å². The molecule has 47 heavy (non-hydrogen) atoms. The van der Waals surface area contributed by atoms with E-state index in [0.717, 1.165) is 23.3 Å². The summed E-state index contributed by atoms with van der Waals surface area (Å²) in [5.74, 6) is -0.857. The zero-order valence-electron chi connectivity index (χ0n) is 27.0. The summed E-state index contributed by atoms with van der Waals surface area (Å²) in [5, 5.41) is 2.08. The number of amides is 1. The molecule has 0 saturated heterocycles. The Kier molecular flexibility index (Phi) is 10.9. The summed E-state index contributed by atoms with van der Waals surface area (Å²) < 4.78 is 83.3. The minimum atomic E-state index is -4.96. The molecule has 2 aromatic heterocycles. The highest BCUT2D eigenvalue weighted by Gasteiger charge is 2.36. The summed E-state index contributed by atoms with van der Waals surface area (Å²) in [6, 6.07) is 4.90. The van der Waals surface area contributed by atoms with E-state index < -0.39 is 44.5 Å². The van der Waals surface area contributed by atoms with Crippen molar-refractivity contribution >= 4 is 38.1 Å². The molecule has 1 unspecified atom stereocenters. The van der Waals surface area contributed by atoms with E-state index in [4.69, 9.17) is 14.2 Å². The molecule has 15 heteroatoms. The first kappa shape index (κ1) is 36.1. The second kappa shape index (κ2) is 14.2. The van der Waals surface area contributed by atoms with Crippen LogP contribution < -0.4 is 14.8 Å². The van der Waals surface area contributed by atoms with Crippen LogP contribution >= 0.6 is 11.3 Å². The number of esters is 1. The van der Waals surface area contributed by atoms with Crippen LogP contribution in [-0.2, 0) is 38.4 Å². The van der Waals surface area contributed by atoms with Crippen molar-refractivity contribution < 1.29 is 45.4 Å². The average Bonchev–Trinajstić information content (AvgIpc) is 3.36. The molecule has 1 N–H and O–H groups in total. The molecule has 1 aromatic carbocycles. The molecular weight excluding hydrogens is 659 g/mol. The molecule has 0 aliphatic heterocycles. The third kappa shape index (κ3) is 8.42. The number of ether oxygens (including phenoxy) is 3. The second-order valence-electron chi connectivity index (χ2n) is 12.2. The van der Waals surface area contributed by atoms with E-state index in [0.29, 0.717) is 34.7 Å². The molecule has 256 valence electrons. The maximum atomic E-state index is 13.8. The molecule has 1 amide bonds. The van der Waals surface area contributed by atoms with Gasteiger partial charge in [-0.3, -0.25) is 4.79 Å². The minimum absolute atomic E-state index is 0.0618. The van der Waals surface area contributed by atoms with Crippen LogP contribution in [0.2, 0.25) is 0 Å². The van der Waals surface area contributed by atoms with Crippen molar-refractivity contribution in [2.45, 2.75) is 71.1 Å². The molecule has 1 atom stereocenters. The van der Waals surface area contributed by atoms with Gasteiger partial charge in [0.1, 0.15) is 10.7 Å². The van der Waals surface area contributed by atoms with Gasteiger partial charge in [0.2, 0.25) is 20.9 Å². The number of nitrogens with one attached hydrogen (secondary N) is 1. The van der Waals surface area contributed by atoms with Crippen molar-refractivity contribution in [3.63, 3.8) is 0 Å². The summed E-state index contributed by atoms with van der Waals surface area (Å²) >= 11 is 1.31. The van der Waals surface area contributed by atoms with Gasteiger partial charge in [0.25, 0.3) is 0 Å². The van der Waals surface area contributed by atoms with E-state index in [1.807, 2.05) is 0 Å². The van der Waals surface area contributed by atoms with Crippen LogP contribution in [0.5, 0.6) is 11.5 Å².